The number of fused-ring (bicyclic) bond motifs is 4. The maximum atomic E-state index is 9.24. The summed E-state index contributed by atoms with van der Waals surface area (Å²) in [5.41, 5.74) is 4.78. The van der Waals surface area contributed by atoms with E-state index in [1.165, 1.54) is 0 Å². The number of hydrogen-bond acceptors (Lipinski definition) is 5. The number of benzene rings is 11. The Balaban J connectivity index is 0.0000101. The first-order valence-electron chi connectivity index (χ1n) is 37.8. The number of nitrogens with zero attached hydrogens (tertiary/aromatic N) is 4. The number of rotatable bonds is 12. The van der Waals surface area contributed by atoms with Gasteiger partial charge in [-0.15, -0.1) is 48.1 Å². The molecule has 1 aliphatic heterocycles. The quantitative estimate of drug-likeness (QED) is 0.114. The van der Waals surface area contributed by atoms with E-state index < -0.39 is 126 Å². The summed E-state index contributed by atoms with van der Waals surface area (Å²) in [6.45, 7) is 14.0. The zero-order chi connectivity index (χ0) is 75.9. The molecule has 0 N–H and O–H groups in total. The van der Waals surface area contributed by atoms with Gasteiger partial charge in [-0.3, -0.25) is 0 Å². The monoisotopic (exact) mass is 1330 g/mol. The second-order valence-corrected chi connectivity index (χ2v) is 22.6. The van der Waals surface area contributed by atoms with Crippen molar-refractivity contribution in [2.75, 3.05) is 9.80 Å². The minimum Gasteiger partial charge on any atom is -0.509 e. The van der Waals surface area contributed by atoms with Crippen LogP contribution in [0.25, 0.3) is 83.3 Å². The van der Waals surface area contributed by atoms with Gasteiger partial charge in [-0.2, -0.15) is 12.1 Å². The molecule has 7 heteroatoms. The van der Waals surface area contributed by atoms with Crippen LogP contribution in [-0.2, 0) is 31.9 Å². The van der Waals surface area contributed by atoms with E-state index in [9.17, 15) is 2.74 Å². The fraction of sp³-hybridized carbons (Fsp3) is 0.100. The fourth-order valence-corrected chi connectivity index (χ4v) is 10.8. The van der Waals surface area contributed by atoms with E-state index in [2.05, 4.69) is 39.0 Å². The summed E-state index contributed by atoms with van der Waals surface area (Å²) in [6.07, 6.45) is 1.55. The molecular weight excluding hydrogens is 1240 g/mol. The molecule has 0 radical (unpaired) electrons. The Hall–Kier alpha value is -9.74. The molecule has 6 nitrogen and oxygen atoms in total. The Morgan fingerprint density at radius 3 is 1.63 bits per heavy atom. The summed E-state index contributed by atoms with van der Waals surface area (Å²) in [7, 11) is 0. The zero-order valence-corrected chi connectivity index (χ0v) is 50.1. The fourth-order valence-electron chi connectivity index (χ4n) is 10.8. The van der Waals surface area contributed by atoms with Crippen molar-refractivity contribution in [3.63, 3.8) is 0 Å². The van der Waals surface area contributed by atoms with Gasteiger partial charge in [0.25, 0.3) is 0 Å². The zero-order valence-electron chi connectivity index (χ0n) is 67.9. The van der Waals surface area contributed by atoms with Crippen molar-refractivity contribution < 1.29 is 58.0 Å². The molecule has 0 bridgehead atoms. The third-order valence-corrected chi connectivity index (χ3v) is 15.0. The Labute approximate surface area is 553 Å². The van der Waals surface area contributed by atoms with Gasteiger partial charge in [0.2, 0.25) is 0 Å². The van der Waals surface area contributed by atoms with Crippen molar-refractivity contribution in [3.8, 4) is 84.5 Å². The van der Waals surface area contributed by atoms with E-state index in [0.717, 1.165) is 27.4 Å². The Morgan fingerprint density at radius 1 is 0.448 bits per heavy atom. The van der Waals surface area contributed by atoms with Crippen LogP contribution in [-0.4, -0.2) is 9.55 Å². The van der Waals surface area contributed by atoms with E-state index in [1.54, 1.807) is 120 Å². The second-order valence-electron chi connectivity index (χ2n) is 22.6. The van der Waals surface area contributed by atoms with E-state index in [0.29, 0.717) is 45.1 Å². The van der Waals surface area contributed by atoms with Crippen LogP contribution < -0.4 is 19.3 Å². The predicted octanol–water partition coefficient (Wildman–Crippen LogP) is 21.7. The van der Waals surface area contributed by atoms with E-state index >= 15 is 0 Å². The molecule has 0 atom stereocenters. The van der Waals surface area contributed by atoms with Crippen molar-refractivity contribution in [3.05, 3.63) is 296 Å². The third kappa shape index (κ3) is 11.0. The molecular formula is C80H63N4O2Pt-3. The molecule has 0 aliphatic carbocycles. The minimum absolute atomic E-state index is 0. The molecule has 2 aromatic heterocycles. The van der Waals surface area contributed by atoms with Crippen molar-refractivity contribution in [1.82, 2.24) is 9.55 Å². The topological polar surface area (TPSA) is 42.8 Å². The normalized spacial score (nSPS) is 15.5. The van der Waals surface area contributed by atoms with Gasteiger partial charge < -0.3 is 23.8 Å². The summed E-state index contributed by atoms with van der Waals surface area (Å²) < 4.78 is 192. The molecule has 0 saturated carbocycles. The molecule has 0 amide bonds. The van der Waals surface area contributed by atoms with E-state index in [1.807, 2.05) is 61.7 Å². The van der Waals surface area contributed by atoms with Gasteiger partial charge in [-0.25, -0.2) is 4.98 Å². The summed E-state index contributed by atoms with van der Waals surface area (Å²) in [5, 5.41) is 1.63. The molecule has 0 spiro atoms. The van der Waals surface area contributed by atoms with Gasteiger partial charge in [0.1, 0.15) is 17.3 Å². The van der Waals surface area contributed by atoms with Gasteiger partial charge in [-0.1, -0.05) is 241 Å². The number of pyridine rings is 1. The van der Waals surface area contributed by atoms with E-state index in [-0.39, 0.29) is 94.1 Å². The second kappa shape index (κ2) is 23.3. The summed E-state index contributed by atoms with van der Waals surface area (Å²) in [4.78, 5) is 8.43. The van der Waals surface area contributed by atoms with Gasteiger partial charge in [0.05, 0.1) is 27.4 Å². The van der Waals surface area contributed by atoms with Crippen molar-refractivity contribution in [1.29, 1.82) is 0 Å². The van der Waals surface area contributed by atoms with Gasteiger partial charge in [0, 0.05) is 89.7 Å². The first-order valence-corrected chi connectivity index (χ1v) is 27.8. The van der Waals surface area contributed by atoms with Crippen molar-refractivity contribution in [2.24, 2.45) is 0 Å². The van der Waals surface area contributed by atoms with Crippen LogP contribution in [0.2, 0.25) is 0 Å². The molecule has 1 aliphatic rings. The smallest absolute Gasteiger partial charge is 0.143 e. The summed E-state index contributed by atoms with van der Waals surface area (Å²) in [5.74, 6) is 1.11. The minimum atomic E-state index is -0.612. The molecule has 428 valence electrons. The third-order valence-electron chi connectivity index (χ3n) is 15.0. The van der Waals surface area contributed by atoms with Gasteiger partial charge in [0.15, 0.2) is 0 Å². The predicted molar refractivity (Wildman–Crippen MR) is 355 cm³/mol. The molecule has 3 heterocycles. The van der Waals surface area contributed by atoms with Crippen molar-refractivity contribution >= 4 is 44.6 Å². The van der Waals surface area contributed by atoms with E-state index in [4.69, 9.17) is 39.1 Å². The molecule has 0 unspecified atom stereocenters. The van der Waals surface area contributed by atoms with Crippen LogP contribution in [0.5, 0.6) is 23.0 Å². The van der Waals surface area contributed by atoms with Crippen LogP contribution in [0, 0.1) is 18.8 Å². The number of hydrogen-bond donors (Lipinski definition) is 0. The van der Waals surface area contributed by atoms with Crippen LogP contribution >= 0.6 is 0 Å². The number of aromatic nitrogens is 2. The standard InChI is InChI=1S/C80H63N4O2.Pt/c1-79(2,3)60-40-43-72-71(49-60)70-42-41-64(85-63-33-21-32-62(50-63)82-53-83(74-39-20-19-38-73(74)82)77-66(55-26-13-8-14-27-55)34-22-35-67(77)56-28-15-9-16-29-56)51-75(70)84(72)76-52-65(44-45-81-76)86-78-68(57-30-17-10-18-31-57)36-23-37-69(78)59-46-58(54-24-11-7-12-25-54)47-61(48-59)80(4,5)6;/h7-49,52-53H,1-6H3;/q-3;/i7D,8D,9D,10D,11D,12D,13D,14D,15D,16D,17D,18D,24D,25D,26D,27D,28D,29D,30D,31D;. The molecule has 0 fully saturated rings. The average molecular weight is 1330 g/mol. The SMILES string of the molecule is [2H]c1c([2H])c([2H])c(-c2cc(-c3cccc(-c4c([2H])c([2H])c([2H])c([2H])c4[2H])c3Oc3ccnc(-n4c5[c-]c(Oc6[c-]c(N7[CH-]N(c8c(-c9c([2H])c([2H])c([2H])c([2H])c9[2H])cccc8-c8c([2H])c([2H])c([2H])c([2H])c8[2H])c8ccccc87)ccc6)ccc5c5cc(C(C)(C)C)ccc54)c3)cc(C(C)(C)C)c2)c([2H])c1[2H].[Pt]. The summed E-state index contributed by atoms with van der Waals surface area (Å²) >= 11 is 0. The Bertz CT molecular complexity index is 5710. The van der Waals surface area contributed by atoms with Gasteiger partial charge in [-0.05, 0) is 91.1 Å². The van der Waals surface area contributed by atoms with Crippen LogP contribution in [0.1, 0.15) is 80.1 Å². The van der Waals surface area contributed by atoms with Crippen LogP contribution in [0.15, 0.2) is 267 Å². The molecule has 11 aromatic carbocycles. The average Bonchev–Trinajstić information content (AvgIpc) is 1.64. The Kier molecular flexibility index (Phi) is 10.1. The molecule has 0 saturated heterocycles. The number of anilines is 4. The first-order chi connectivity index (χ1) is 50.2. The van der Waals surface area contributed by atoms with Crippen molar-refractivity contribution in [2.45, 2.75) is 52.4 Å². The number of para-hydroxylation sites is 4. The maximum absolute atomic E-state index is 9.24. The number of ether oxygens (including phenoxy) is 2. The van der Waals surface area contributed by atoms with Crippen LogP contribution in [0.4, 0.5) is 22.7 Å². The summed E-state index contributed by atoms with van der Waals surface area (Å²) in [6, 6.07) is 36.9. The molecule has 14 rings (SSSR count). The molecule has 13 aromatic rings. The molecule has 87 heavy (non-hydrogen) atoms. The van der Waals surface area contributed by atoms with Gasteiger partial charge >= 0.3 is 0 Å². The largest absolute Gasteiger partial charge is 0.509 e. The Morgan fingerprint density at radius 2 is 1.00 bits per heavy atom. The maximum Gasteiger partial charge on any atom is 0.143 e. The first kappa shape index (κ1) is 37.6. The van der Waals surface area contributed by atoms with Crippen LogP contribution in [0.3, 0.4) is 0 Å².